The maximum atomic E-state index is 12.8. The number of ether oxygens (including phenoxy) is 1. The predicted octanol–water partition coefficient (Wildman–Crippen LogP) is 2.41. The van der Waals surface area contributed by atoms with Gasteiger partial charge in [-0.05, 0) is 31.4 Å². The van der Waals surface area contributed by atoms with E-state index in [4.69, 9.17) is 4.74 Å². The van der Waals surface area contributed by atoms with Gasteiger partial charge in [-0.3, -0.25) is 9.69 Å². The molecule has 0 aliphatic carbocycles. The summed E-state index contributed by atoms with van der Waals surface area (Å²) < 4.78 is 5.36. The fraction of sp³-hybridized carbons (Fsp3) is 0.444. The molecule has 1 saturated heterocycles. The highest BCUT2D eigenvalue weighted by Gasteiger charge is 2.24. The molecule has 2 aromatic rings. The highest BCUT2D eigenvalue weighted by atomic mass is 16.5. The van der Waals surface area contributed by atoms with Crippen molar-refractivity contribution in [1.82, 2.24) is 14.8 Å². The molecule has 0 bridgehead atoms. The molecule has 0 spiro atoms. The minimum atomic E-state index is -0.0162. The number of benzene rings is 1. The number of methoxy groups -OCH3 is 1. The molecule has 0 atom stereocenters. The van der Waals surface area contributed by atoms with Crippen LogP contribution in [0.15, 0.2) is 30.3 Å². The Bertz CT molecular complexity index is 706. The summed E-state index contributed by atoms with van der Waals surface area (Å²) in [6.07, 6.45) is 0. The number of carbonyl (C=O) groups is 1. The summed E-state index contributed by atoms with van der Waals surface area (Å²) in [5, 5.41) is 1.90. The van der Waals surface area contributed by atoms with Gasteiger partial charge in [-0.2, -0.15) is 0 Å². The van der Waals surface area contributed by atoms with E-state index in [-0.39, 0.29) is 5.91 Å². The smallest absolute Gasteiger partial charge is 0.272 e. The van der Waals surface area contributed by atoms with E-state index in [0.717, 1.165) is 37.0 Å². The van der Waals surface area contributed by atoms with Crippen molar-refractivity contribution in [2.75, 3.05) is 33.3 Å². The summed E-state index contributed by atoms with van der Waals surface area (Å²) >= 11 is 0. The van der Waals surface area contributed by atoms with Gasteiger partial charge in [0.2, 0.25) is 5.88 Å². The number of hydrogen-bond acceptors (Lipinski definition) is 4. The van der Waals surface area contributed by atoms with Crippen molar-refractivity contribution < 1.29 is 9.53 Å². The van der Waals surface area contributed by atoms with Gasteiger partial charge in [-0.1, -0.05) is 18.2 Å². The Morgan fingerprint density at radius 1 is 1.17 bits per heavy atom. The summed E-state index contributed by atoms with van der Waals surface area (Å²) in [4.78, 5) is 21.5. The SMILES string of the molecule is COc1nc(C(=O)N2CCN(C(C)C)CC2)cc2ccccc12. The third-order valence-electron chi connectivity index (χ3n) is 4.45. The molecule has 1 amide bonds. The van der Waals surface area contributed by atoms with Crippen LogP contribution in [0.2, 0.25) is 0 Å². The summed E-state index contributed by atoms with van der Waals surface area (Å²) in [7, 11) is 1.59. The summed E-state index contributed by atoms with van der Waals surface area (Å²) in [6.45, 7) is 7.68. The van der Waals surface area contributed by atoms with Gasteiger partial charge >= 0.3 is 0 Å². The van der Waals surface area contributed by atoms with E-state index in [9.17, 15) is 4.79 Å². The number of pyridine rings is 1. The Morgan fingerprint density at radius 3 is 2.52 bits per heavy atom. The first-order chi connectivity index (χ1) is 11.1. The highest BCUT2D eigenvalue weighted by molar-refractivity contribution is 5.98. The molecule has 122 valence electrons. The molecule has 0 unspecified atom stereocenters. The summed E-state index contributed by atoms with van der Waals surface area (Å²) in [6, 6.07) is 10.2. The minimum Gasteiger partial charge on any atom is -0.481 e. The second-order valence-corrected chi connectivity index (χ2v) is 6.16. The maximum Gasteiger partial charge on any atom is 0.272 e. The Kier molecular flexibility index (Phi) is 4.48. The summed E-state index contributed by atoms with van der Waals surface area (Å²) in [5.41, 5.74) is 0.457. The molecule has 1 aliphatic heterocycles. The molecule has 1 aromatic carbocycles. The van der Waals surface area contributed by atoms with Crippen LogP contribution in [0.25, 0.3) is 10.8 Å². The monoisotopic (exact) mass is 313 g/mol. The van der Waals surface area contributed by atoms with Crippen LogP contribution in [0.3, 0.4) is 0 Å². The Balaban J connectivity index is 1.84. The van der Waals surface area contributed by atoms with Gasteiger partial charge < -0.3 is 9.64 Å². The number of piperazine rings is 1. The average molecular weight is 313 g/mol. The number of carbonyl (C=O) groups excluding carboxylic acids is 1. The molecule has 5 nitrogen and oxygen atoms in total. The fourth-order valence-corrected chi connectivity index (χ4v) is 3.04. The van der Waals surface area contributed by atoms with Crippen LogP contribution < -0.4 is 4.74 Å². The lowest BCUT2D eigenvalue weighted by molar-refractivity contribution is 0.0589. The van der Waals surface area contributed by atoms with Crippen molar-refractivity contribution in [1.29, 1.82) is 0 Å². The molecular weight excluding hydrogens is 290 g/mol. The van der Waals surface area contributed by atoms with Crippen LogP contribution in [0.5, 0.6) is 5.88 Å². The highest BCUT2D eigenvalue weighted by Crippen LogP contribution is 2.25. The van der Waals surface area contributed by atoms with Gasteiger partial charge in [0.25, 0.3) is 5.91 Å². The Morgan fingerprint density at radius 2 is 1.87 bits per heavy atom. The summed E-state index contributed by atoms with van der Waals surface area (Å²) in [5.74, 6) is 0.490. The van der Waals surface area contributed by atoms with Gasteiger partial charge in [0.05, 0.1) is 7.11 Å². The normalized spacial score (nSPS) is 16.1. The quantitative estimate of drug-likeness (QED) is 0.873. The molecule has 0 radical (unpaired) electrons. The first-order valence-corrected chi connectivity index (χ1v) is 8.07. The number of amides is 1. The predicted molar refractivity (Wildman–Crippen MR) is 90.9 cm³/mol. The van der Waals surface area contributed by atoms with Crippen LogP contribution in [0.1, 0.15) is 24.3 Å². The van der Waals surface area contributed by atoms with Crippen molar-refractivity contribution >= 4 is 16.7 Å². The third kappa shape index (κ3) is 3.15. The lowest BCUT2D eigenvalue weighted by Crippen LogP contribution is -2.50. The molecule has 1 aromatic heterocycles. The van der Waals surface area contributed by atoms with Crippen LogP contribution in [0.4, 0.5) is 0 Å². The van der Waals surface area contributed by atoms with Crippen LogP contribution in [-0.2, 0) is 0 Å². The van der Waals surface area contributed by atoms with Crippen molar-refractivity contribution in [3.05, 3.63) is 36.0 Å². The average Bonchev–Trinajstić information content (AvgIpc) is 2.60. The van der Waals surface area contributed by atoms with E-state index in [1.807, 2.05) is 35.2 Å². The zero-order valence-electron chi connectivity index (χ0n) is 14.0. The van der Waals surface area contributed by atoms with Crippen LogP contribution in [-0.4, -0.2) is 60.0 Å². The fourth-order valence-electron chi connectivity index (χ4n) is 3.04. The molecule has 3 rings (SSSR count). The van der Waals surface area contributed by atoms with E-state index in [2.05, 4.69) is 23.7 Å². The number of aromatic nitrogens is 1. The number of rotatable bonds is 3. The zero-order chi connectivity index (χ0) is 16.4. The van der Waals surface area contributed by atoms with Crippen LogP contribution >= 0.6 is 0 Å². The molecule has 23 heavy (non-hydrogen) atoms. The first-order valence-electron chi connectivity index (χ1n) is 8.07. The van der Waals surface area contributed by atoms with E-state index < -0.39 is 0 Å². The zero-order valence-corrected chi connectivity index (χ0v) is 14.0. The Hall–Kier alpha value is -2.14. The topological polar surface area (TPSA) is 45.7 Å². The molecule has 1 fully saturated rings. The van der Waals surface area contributed by atoms with Gasteiger partial charge in [0.1, 0.15) is 5.69 Å². The molecule has 0 N–H and O–H groups in total. The van der Waals surface area contributed by atoms with Gasteiger partial charge in [-0.15, -0.1) is 0 Å². The molecule has 1 aliphatic rings. The molecular formula is C18H23N3O2. The van der Waals surface area contributed by atoms with Gasteiger partial charge in [0, 0.05) is 37.6 Å². The lowest BCUT2D eigenvalue weighted by Gasteiger charge is -2.36. The van der Waals surface area contributed by atoms with Crippen molar-refractivity contribution in [2.24, 2.45) is 0 Å². The standard InChI is InChI=1S/C18H23N3O2/c1-13(2)20-8-10-21(11-9-20)18(22)16-12-14-6-4-5-7-15(14)17(19-16)23-3/h4-7,12-13H,8-11H2,1-3H3. The largest absolute Gasteiger partial charge is 0.481 e. The van der Waals surface area contributed by atoms with E-state index >= 15 is 0 Å². The molecule has 5 heteroatoms. The van der Waals surface area contributed by atoms with Crippen molar-refractivity contribution in [2.45, 2.75) is 19.9 Å². The van der Waals surface area contributed by atoms with Crippen molar-refractivity contribution in [3.63, 3.8) is 0 Å². The van der Waals surface area contributed by atoms with Gasteiger partial charge in [0.15, 0.2) is 0 Å². The minimum absolute atomic E-state index is 0.0162. The van der Waals surface area contributed by atoms with Gasteiger partial charge in [-0.25, -0.2) is 4.98 Å². The molecule has 0 saturated carbocycles. The second kappa shape index (κ2) is 6.54. The lowest BCUT2D eigenvalue weighted by atomic mass is 10.1. The van der Waals surface area contributed by atoms with E-state index in [1.165, 1.54) is 0 Å². The third-order valence-corrected chi connectivity index (χ3v) is 4.45. The Labute approximate surface area is 136 Å². The van der Waals surface area contributed by atoms with Crippen LogP contribution in [0, 0.1) is 0 Å². The van der Waals surface area contributed by atoms with E-state index in [1.54, 1.807) is 7.11 Å². The molecule has 2 heterocycles. The van der Waals surface area contributed by atoms with E-state index in [0.29, 0.717) is 17.6 Å². The second-order valence-electron chi connectivity index (χ2n) is 6.16. The van der Waals surface area contributed by atoms with Crippen molar-refractivity contribution in [3.8, 4) is 5.88 Å². The maximum absolute atomic E-state index is 12.8. The number of hydrogen-bond donors (Lipinski definition) is 0. The number of fused-ring (bicyclic) bond motifs is 1. The number of nitrogens with zero attached hydrogens (tertiary/aromatic N) is 3. The first kappa shape index (κ1) is 15.7.